The second-order valence-corrected chi connectivity index (χ2v) is 3.61. The summed E-state index contributed by atoms with van der Waals surface area (Å²) in [6.07, 6.45) is 0.599. The first-order valence-corrected chi connectivity index (χ1v) is 4.29. The molecule has 2 aliphatic rings. The van der Waals surface area contributed by atoms with Gasteiger partial charge >= 0.3 is 0 Å². The van der Waals surface area contributed by atoms with Gasteiger partial charge in [-0.25, -0.2) is 4.39 Å². The fraction of sp³-hybridized carbons (Fsp3) is 0.875. The van der Waals surface area contributed by atoms with Crippen molar-refractivity contribution in [1.82, 2.24) is 5.32 Å². The number of carbonyl (C=O) groups excluding carboxylic acids is 1. The highest BCUT2D eigenvalue weighted by Crippen LogP contribution is 2.43. The molecule has 1 saturated heterocycles. The first-order chi connectivity index (χ1) is 5.74. The topological polar surface area (TPSA) is 49.3 Å². The van der Waals surface area contributed by atoms with Crippen LogP contribution in [0.2, 0.25) is 0 Å². The molecule has 3 nitrogen and oxygen atoms in total. The number of carbonyl (C=O) groups is 1. The lowest BCUT2D eigenvalue weighted by Crippen LogP contribution is -2.33. The predicted octanol–water partition coefficient (Wildman–Crippen LogP) is -0.159. The maximum atomic E-state index is 13.2. The zero-order valence-electron chi connectivity index (χ0n) is 6.66. The third-order valence-electron chi connectivity index (χ3n) is 2.74. The van der Waals surface area contributed by atoms with Crippen LogP contribution in [-0.2, 0) is 4.79 Å². The maximum absolute atomic E-state index is 13.2. The van der Waals surface area contributed by atoms with E-state index in [1.54, 1.807) is 0 Å². The van der Waals surface area contributed by atoms with Gasteiger partial charge in [0.05, 0.1) is 12.6 Å². The Morgan fingerprint density at radius 1 is 1.58 bits per heavy atom. The van der Waals surface area contributed by atoms with E-state index in [9.17, 15) is 9.18 Å². The lowest BCUT2D eigenvalue weighted by Gasteiger charge is -2.15. The van der Waals surface area contributed by atoms with Crippen LogP contribution in [0.4, 0.5) is 4.39 Å². The van der Waals surface area contributed by atoms with Crippen LogP contribution in [0.5, 0.6) is 0 Å². The first-order valence-electron chi connectivity index (χ1n) is 4.29. The highest BCUT2D eigenvalue weighted by atomic mass is 19.1. The summed E-state index contributed by atoms with van der Waals surface area (Å²) < 4.78 is 13.2. The van der Waals surface area contributed by atoms with Crippen molar-refractivity contribution in [2.45, 2.75) is 25.1 Å². The molecule has 4 heteroatoms. The highest BCUT2D eigenvalue weighted by molar-refractivity contribution is 5.84. The van der Waals surface area contributed by atoms with E-state index < -0.39 is 12.1 Å². The summed E-state index contributed by atoms with van der Waals surface area (Å²) in [5, 5.41) is 11.3. The summed E-state index contributed by atoms with van der Waals surface area (Å²) in [7, 11) is 0. The molecule has 0 spiro atoms. The number of hydrogen-bond acceptors (Lipinski definition) is 2. The molecule has 0 aromatic heterocycles. The van der Waals surface area contributed by atoms with E-state index in [0.29, 0.717) is 5.92 Å². The average Bonchev–Trinajstić information content (AvgIpc) is 2.82. The highest BCUT2D eigenvalue weighted by Gasteiger charge is 2.49. The number of nitrogens with one attached hydrogen (secondary N) is 1. The summed E-state index contributed by atoms with van der Waals surface area (Å²) >= 11 is 0. The molecule has 1 aliphatic heterocycles. The second-order valence-electron chi connectivity index (χ2n) is 3.61. The molecule has 0 unspecified atom stereocenters. The molecular formula is C8H12FNO2. The lowest BCUT2D eigenvalue weighted by molar-refractivity contribution is -0.124. The summed E-state index contributed by atoms with van der Waals surface area (Å²) in [6.45, 7) is -0.146. The number of hydrogen-bond donors (Lipinski definition) is 2. The lowest BCUT2D eigenvalue weighted by atomic mass is 9.94. The van der Waals surface area contributed by atoms with Gasteiger partial charge in [-0.05, 0) is 18.8 Å². The monoisotopic (exact) mass is 173 g/mol. The Bertz CT molecular complexity index is 205. The zero-order chi connectivity index (χ0) is 8.72. The maximum Gasteiger partial charge on any atom is 0.255 e. The smallest absolute Gasteiger partial charge is 0.255 e. The molecule has 2 fully saturated rings. The van der Waals surface area contributed by atoms with Crippen LogP contribution in [0.15, 0.2) is 0 Å². The Morgan fingerprint density at radius 3 is 2.75 bits per heavy atom. The first kappa shape index (κ1) is 7.98. The van der Waals surface area contributed by atoms with E-state index in [4.69, 9.17) is 5.11 Å². The van der Waals surface area contributed by atoms with Crippen molar-refractivity contribution >= 4 is 5.91 Å². The van der Waals surface area contributed by atoms with Gasteiger partial charge in [-0.2, -0.15) is 0 Å². The van der Waals surface area contributed by atoms with Gasteiger partial charge in [0.15, 0.2) is 6.17 Å². The number of rotatable bonds is 2. The minimum atomic E-state index is -1.39. The Hall–Kier alpha value is -0.640. The van der Waals surface area contributed by atoms with Gasteiger partial charge in [0, 0.05) is 5.92 Å². The van der Waals surface area contributed by atoms with Crippen molar-refractivity contribution in [2.24, 2.45) is 11.8 Å². The van der Waals surface area contributed by atoms with Gasteiger partial charge in [-0.1, -0.05) is 0 Å². The molecular weight excluding hydrogens is 161 g/mol. The quantitative estimate of drug-likeness (QED) is 0.609. The number of aliphatic hydroxyl groups excluding tert-OH is 1. The van der Waals surface area contributed by atoms with E-state index >= 15 is 0 Å². The second kappa shape index (κ2) is 2.69. The van der Waals surface area contributed by atoms with E-state index in [1.807, 2.05) is 0 Å². The van der Waals surface area contributed by atoms with Gasteiger partial charge < -0.3 is 10.4 Å². The molecule has 0 radical (unpaired) electrons. The Morgan fingerprint density at radius 2 is 2.25 bits per heavy atom. The van der Waals surface area contributed by atoms with Crippen LogP contribution in [0.3, 0.4) is 0 Å². The standard InChI is InChI=1S/C8H12FNO2/c9-7-6(4-1-2-4)5(3-11)10-8(7)12/h4-7,11H,1-3H2,(H,10,12)/t5-,6+,7-/m1/s1. The van der Waals surface area contributed by atoms with E-state index in [1.165, 1.54) is 0 Å². The van der Waals surface area contributed by atoms with Crippen molar-refractivity contribution < 1.29 is 14.3 Å². The fourth-order valence-electron chi connectivity index (χ4n) is 1.95. The third kappa shape index (κ3) is 1.10. The molecule has 3 atom stereocenters. The molecule has 1 amide bonds. The fourth-order valence-corrected chi connectivity index (χ4v) is 1.95. The van der Waals surface area contributed by atoms with Crippen molar-refractivity contribution in [2.75, 3.05) is 6.61 Å². The normalized spacial score (nSPS) is 41.5. The molecule has 0 bridgehead atoms. The van der Waals surface area contributed by atoms with Crippen molar-refractivity contribution in [3.8, 4) is 0 Å². The van der Waals surface area contributed by atoms with E-state index in [-0.39, 0.29) is 18.6 Å². The predicted molar refractivity (Wildman–Crippen MR) is 40.1 cm³/mol. The van der Waals surface area contributed by atoms with Crippen LogP contribution >= 0.6 is 0 Å². The van der Waals surface area contributed by atoms with Crippen molar-refractivity contribution in [1.29, 1.82) is 0 Å². The number of aliphatic hydroxyl groups is 1. The molecule has 0 aromatic rings. The van der Waals surface area contributed by atoms with Gasteiger partial charge in [-0.3, -0.25) is 4.79 Å². The van der Waals surface area contributed by atoms with Crippen molar-refractivity contribution in [3.05, 3.63) is 0 Å². The summed E-state index contributed by atoms with van der Waals surface area (Å²) in [5.41, 5.74) is 0. The Kier molecular flexibility index (Phi) is 1.79. The Labute approximate surface area is 70.0 Å². The molecule has 2 N–H and O–H groups in total. The van der Waals surface area contributed by atoms with E-state index in [2.05, 4.69) is 5.32 Å². The van der Waals surface area contributed by atoms with Gasteiger partial charge in [0.1, 0.15) is 0 Å². The summed E-state index contributed by atoms with van der Waals surface area (Å²) in [6, 6.07) is -0.347. The van der Waals surface area contributed by atoms with Crippen LogP contribution in [0, 0.1) is 11.8 Å². The minimum Gasteiger partial charge on any atom is -0.394 e. The van der Waals surface area contributed by atoms with Gasteiger partial charge in [0.2, 0.25) is 0 Å². The largest absolute Gasteiger partial charge is 0.394 e. The zero-order valence-corrected chi connectivity index (χ0v) is 6.66. The van der Waals surface area contributed by atoms with Crippen molar-refractivity contribution in [3.63, 3.8) is 0 Å². The third-order valence-corrected chi connectivity index (χ3v) is 2.74. The van der Waals surface area contributed by atoms with Crippen LogP contribution in [0.25, 0.3) is 0 Å². The van der Waals surface area contributed by atoms with Crippen LogP contribution in [-0.4, -0.2) is 29.8 Å². The van der Waals surface area contributed by atoms with Gasteiger partial charge in [-0.15, -0.1) is 0 Å². The minimum absolute atomic E-state index is 0.146. The van der Waals surface area contributed by atoms with Crippen LogP contribution in [0.1, 0.15) is 12.8 Å². The molecule has 2 rings (SSSR count). The number of amides is 1. The summed E-state index contributed by atoms with van der Waals surface area (Å²) in [4.78, 5) is 10.9. The number of halogens is 1. The molecule has 1 heterocycles. The van der Waals surface area contributed by atoms with E-state index in [0.717, 1.165) is 12.8 Å². The average molecular weight is 173 g/mol. The SMILES string of the molecule is O=C1N[C@H](CO)[C@H](C2CC2)[C@H]1F. The van der Waals surface area contributed by atoms with Gasteiger partial charge in [0.25, 0.3) is 5.91 Å². The van der Waals surface area contributed by atoms with Crippen LogP contribution < -0.4 is 5.32 Å². The summed E-state index contributed by atoms with van der Waals surface area (Å²) in [5.74, 6) is -0.510. The molecule has 0 aromatic carbocycles. The molecule has 1 saturated carbocycles. The molecule has 68 valence electrons. The molecule has 1 aliphatic carbocycles. The molecule has 12 heavy (non-hydrogen) atoms. The number of alkyl halides is 1. The Balaban J connectivity index is 2.10.